The van der Waals surface area contributed by atoms with Gasteiger partial charge in [0.05, 0.1) is 20.8 Å². The molecule has 0 saturated carbocycles. The molecule has 0 saturated heterocycles. The number of hydrogen-bond acceptors (Lipinski definition) is 5. The van der Waals surface area contributed by atoms with E-state index in [1.807, 2.05) is 0 Å². The lowest BCUT2D eigenvalue weighted by atomic mass is 10.2. The lowest BCUT2D eigenvalue weighted by Gasteiger charge is -2.11. The minimum absolute atomic E-state index is 0.0267. The number of ether oxygens (including phenoxy) is 3. The van der Waals surface area contributed by atoms with E-state index in [0.29, 0.717) is 11.5 Å². The molecule has 18 heavy (non-hydrogen) atoms. The van der Waals surface area contributed by atoms with Gasteiger partial charge >= 0.3 is 6.09 Å². The highest BCUT2D eigenvalue weighted by Gasteiger charge is 2.07. The monoisotopic (exact) mass is 255 g/mol. The number of aliphatic hydroxyl groups is 1. The van der Waals surface area contributed by atoms with Gasteiger partial charge in [-0.25, -0.2) is 4.79 Å². The Balaban J connectivity index is 2.62. The van der Waals surface area contributed by atoms with E-state index >= 15 is 0 Å². The summed E-state index contributed by atoms with van der Waals surface area (Å²) in [5, 5.41) is 11.1. The number of methoxy groups -OCH3 is 2. The van der Waals surface area contributed by atoms with E-state index in [4.69, 9.17) is 14.6 Å². The first kappa shape index (κ1) is 14.1. The minimum Gasteiger partial charge on any atom is -0.497 e. The molecule has 1 aromatic rings. The highest BCUT2D eigenvalue weighted by Crippen LogP contribution is 2.23. The average molecular weight is 255 g/mol. The summed E-state index contributed by atoms with van der Waals surface area (Å²) < 4.78 is 14.9. The van der Waals surface area contributed by atoms with Crippen LogP contribution in [0.3, 0.4) is 0 Å². The van der Waals surface area contributed by atoms with E-state index in [0.717, 1.165) is 5.56 Å². The molecule has 1 rings (SSSR count). The van der Waals surface area contributed by atoms with Crippen LogP contribution in [0.1, 0.15) is 5.56 Å². The number of carbonyl (C=O) groups is 1. The van der Waals surface area contributed by atoms with E-state index < -0.39 is 6.09 Å². The summed E-state index contributed by atoms with van der Waals surface area (Å²) in [6.45, 7) is 0.0294. The Morgan fingerprint density at radius 2 is 2.11 bits per heavy atom. The summed E-state index contributed by atoms with van der Waals surface area (Å²) in [6.07, 6.45) is -0.589. The van der Waals surface area contributed by atoms with Crippen molar-refractivity contribution < 1.29 is 24.1 Å². The van der Waals surface area contributed by atoms with E-state index in [2.05, 4.69) is 10.1 Å². The van der Waals surface area contributed by atoms with Crippen LogP contribution >= 0.6 is 0 Å². The molecular weight excluding hydrogens is 238 g/mol. The van der Waals surface area contributed by atoms with Gasteiger partial charge < -0.3 is 24.6 Å². The fourth-order valence-electron chi connectivity index (χ4n) is 1.38. The Labute approximate surface area is 105 Å². The molecule has 1 aromatic carbocycles. The van der Waals surface area contributed by atoms with E-state index in [9.17, 15) is 4.79 Å². The number of amides is 1. The van der Waals surface area contributed by atoms with Gasteiger partial charge in [-0.2, -0.15) is 0 Å². The zero-order chi connectivity index (χ0) is 13.4. The van der Waals surface area contributed by atoms with Crippen molar-refractivity contribution in [2.24, 2.45) is 0 Å². The van der Waals surface area contributed by atoms with Crippen molar-refractivity contribution in [3.8, 4) is 11.5 Å². The second-order valence-corrected chi connectivity index (χ2v) is 3.39. The van der Waals surface area contributed by atoms with Crippen LogP contribution in [0.25, 0.3) is 0 Å². The van der Waals surface area contributed by atoms with E-state index in [1.54, 1.807) is 32.4 Å². The highest BCUT2D eigenvalue weighted by atomic mass is 16.6. The molecule has 6 nitrogen and oxygen atoms in total. The van der Waals surface area contributed by atoms with Crippen molar-refractivity contribution in [2.45, 2.75) is 6.54 Å². The molecule has 2 N–H and O–H groups in total. The van der Waals surface area contributed by atoms with Crippen molar-refractivity contribution in [3.05, 3.63) is 23.8 Å². The Kier molecular flexibility index (Phi) is 5.79. The van der Waals surface area contributed by atoms with Crippen LogP contribution < -0.4 is 14.8 Å². The number of carbonyl (C=O) groups excluding carboxylic acids is 1. The van der Waals surface area contributed by atoms with Gasteiger partial charge in [0.2, 0.25) is 0 Å². The van der Waals surface area contributed by atoms with Crippen molar-refractivity contribution in [2.75, 3.05) is 27.4 Å². The zero-order valence-corrected chi connectivity index (χ0v) is 10.4. The third-order valence-electron chi connectivity index (χ3n) is 2.24. The first-order valence-corrected chi connectivity index (χ1v) is 5.43. The molecule has 0 aliphatic rings. The molecule has 6 heteroatoms. The number of nitrogens with one attached hydrogen (secondary N) is 1. The number of aliphatic hydroxyl groups excluding tert-OH is 1. The number of rotatable bonds is 6. The molecule has 100 valence electrons. The molecule has 0 bridgehead atoms. The predicted molar refractivity (Wildman–Crippen MR) is 64.8 cm³/mol. The van der Waals surface area contributed by atoms with Crippen LogP contribution in [0.15, 0.2) is 18.2 Å². The molecule has 0 radical (unpaired) electrons. The summed E-state index contributed by atoms with van der Waals surface area (Å²) in [7, 11) is 3.12. The molecule has 0 fully saturated rings. The normalized spacial score (nSPS) is 9.72. The van der Waals surface area contributed by atoms with Crippen molar-refractivity contribution in [3.63, 3.8) is 0 Å². The topological polar surface area (TPSA) is 77.0 Å². The number of benzene rings is 1. The van der Waals surface area contributed by atoms with Gasteiger partial charge in [-0.15, -0.1) is 0 Å². The van der Waals surface area contributed by atoms with Crippen LogP contribution in [0, 0.1) is 0 Å². The maximum atomic E-state index is 11.2. The van der Waals surface area contributed by atoms with Crippen molar-refractivity contribution >= 4 is 6.09 Å². The average Bonchev–Trinajstić information content (AvgIpc) is 2.42. The molecule has 0 unspecified atom stereocenters. The SMILES string of the molecule is COc1ccc(OC)c(CNC(=O)OCCO)c1. The Hall–Kier alpha value is -1.95. The highest BCUT2D eigenvalue weighted by molar-refractivity contribution is 5.67. The lowest BCUT2D eigenvalue weighted by Crippen LogP contribution is -2.25. The molecule has 0 aliphatic heterocycles. The molecule has 0 spiro atoms. The van der Waals surface area contributed by atoms with Crippen molar-refractivity contribution in [1.29, 1.82) is 0 Å². The summed E-state index contributed by atoms with van der Waals surface area (Å²) in [5.74, 6) is 1.33. The molecule has 0 aliphatic carbocycles. The zero-order valence-electron chi connectivity index (χ0n) is 10.4. The second kappa shape index (κ2) is 7.39. The van der Waals surface area contributed by atoms with Gasteiger partial charge in [-0.05, 0) is 18.2 Å². The van der Waals surface area contributed by atoms with Gasteiger partial charge in [-0.1, -0.05) is 0 Å². The molecular formula is C12H17NO5. The fraction of sp³-hybridized carbons (Fsp3) is 0.417. The molecule has 0 heterocycles. The number of alkyl carbamates (subject to hydrolysis) is 1. The van der Waals surface area contributed by atoms with Crippen LogP contribution in [0.2, 0.25) is 0 Å². The summed E-state index contributed by atoms with van der Waals surface area (Å²) in [4.78, 5) is 11.2. The molecule has 1 amide bonds. The van der Waals surface area contributed by atoms with Gasteiger partial charge in [0.1, 0.15) is 18.1 Å². The van der Waals surface area contributed by atoms with Gasteiger partial charge in [0.15, 0.2) is 0 Å². The Morgan fingerprint density at radius 1 is 1.33 bits per heavy atom. The van der Waals surface area contributed by atoms with Crippen molar-refractivity contribution in [1.82, 2.24) is 5.32 Å². The third kappa shape index (κ3) is 4.14. The molecule has 0 atom stereocenters. The van der Waals surface area contributed by atoms with Crippen LogP contribution in [0.5, 0.6) is 11.5 Å². The Morgan fingerprint density at radius 3 is 2.72 bits per heavy atom. The standard InChI is InChI=1S/C12H17NO5/c1-16-10-3-4-11(17-2)9(7-10)8-13-12(15)18-6-5-14/h3-4,7,14H,5-6,8H2,1-2H3,(H,13,15). The summed E-state index contributed by atoms with van der Waals surface area (Å²) >= 11 is 0. The Bertz CT molecular complexity index is 394. The number of hydrogen-bond donors (Lipinski definition) is 2. The van der Waals surface area contributed by atoms with Crippen LogP contribution in [-0.4, -0.2) is 38.6 Å². The van der Waals surface area contributed by atoms with Gasteiger partial charge in [0.25, 0.3) is 0 Å². The largest absolute Gasteiger partial charge is 0.497 e. The fourth-order valence-corrected chi connectivity index (χ4v) is 1.38. The quantitative estimate of drug-likeness (QED) is 0.790. The second-order valence-electron chi connectivity index (χ2n) is 3.39. The first-order valence-electron chi connectivity index (χ1n) is 5.43. The van der Waals surface area contributed by atoms with E-state index in [-0.39, 0.29) is 19.8 Å². The van der Waals surface area contributed by atoms with E-state index in [1.165, 1.54) is 0 Å². The maximum Gasteiger partial charge on any atom is 0.407 e. The van der Waals surface area contributed by atoms with Gasteiger partial charge in [0, 0.05) is 12.1 Å². The maximum absolute atomic E-state index is 11.2. The van der Waals surface area contributed by atoms with Gasteiger partial charge in [-0.3, -0.25) is 0 Å². The third-order valence-corrected chi connectivity index (χ3v) is 2.24. The predicted octanol–water partition coefficient (Wildman–Crippen LogP) is 0.922. The van der Waals surface area contributed by atoms with Crippen LogP contribution in [0.4, 0.5) is 4.79 Å². The molecule has 0 aromatic heterocycles. The van der Waals surface area contributed by atoms with Crippen LogP contribution in [-0.2, 0) is 11.3 Å². The minimum atomic E-state index is -0.589. The first-order chi connectivity index (χ1) is 8.71. The summed E-state index contributed by atoms with van der Waals surface area (Å²) in [5.41, 5.74) is 0.776. The lowest BCUT2D eigenvalue weighted by molar-refractivity contribution is 0.118. The summed E-state index contributed by atoms with van der Waals surface area (Å²) in [6, 6.07) is 5.30. The smallest absolute Gasteiger partial charge is 0.407 e.